The SMILES string of the molecule is CCOC(=O)N(CCN(C)C)c1ccc(C(F)(F)F)cn1. The highest BCUT2D eigenvalue weighted by molar-refractivity contribution is 5.86. The van der Waals surface area contributed by atoms with E-state index >= 15 is 0 Å². The van der Waals surface area contributed by atoms with E-state index in [0.717, 1.165) is 12.1 Å². The number of halogens is 3. The van der Waals surface area contributed by atoms with Crippen molar-refractivity contribution in [2.45, 2.75) is 13.1 Å². The quantitative estimate of drug-likeness (QED) is 0.839. The van der Waals surface area contributed by atoms with Crippen LogP contribution in [0.15, 0.2) is 18.3 Å². The molecule has 0 aromatic carbocycles. The molecule has 0 unspecified atom stereocenters. The van der Waals surface area contributed by atoms with E-state index in [4.69, 9.17) is 4.74 Å². The summed E-state index contributed by atoms with van der Waals surface area (Å²) >= 11 is 0. The molecule has 0 spiro atoms. The predicted molar refractivity (Wildman–Crippen MR) is 72.2 cm³/mol. The van der Waals surface area contributed by atoms with Gasteiger partial charge in [-0.2, -0.15) is 13.2 Å². The number of carbonyl (C=O) groups excluding carboxylic acids is 1. The molecular formula is C13H18F3N3O2. The number of likely N-dealkylation sites (N-methyl/N-ethyl adjacent to an activating group) is 1. The number of amides is 1. The minimum absolute atomic E-state index is 0.128. The maximum atomic E-state index is 12.5. The van der Waals surface area contributed by atoms with E-state index in [0.29, 0.717) is 12.7 Å². The maximum absolute atomic E-state index is 12.5. The smallest absolute Gasteiger partial charge is 0.417 e. The van der Waals surface area contributed by atoms with Gasteiger partial charge in [-0.25, -0.2) is 9.78 Å². The van der Waals surface area contributed by atoms with Crippen LogP contribution in [0.2, 0.25) is 0 Å². The van der Waals surface area contributed by atoms with Crippen molar-refractivity contribution in [1.29, 1.82) is 0 Å². The molecule has 0 saturated heterocycles. The Kier molecular flexibility index (Phi) is 5.95. The Morgan fingerprint density at radius 2 is 1.95 bits per heavy atom. The molecule has 0 atom stereocenters. The van der Waals surface area contributed by atoms with Gasteiger partial charge in [-0.1, -0.05) is 0 Å². The number of hydrogen-bond acceptors (Lipinski definition) is 4. The molecule has 0 N–H and O–H groups in total. The van der Waals surface area contributed by atoms with Crippen LogP contribution in [0.3, 0.4) is 0 Å². The number of ether oxygens (including phenoxy) is 1. The Labute approximate surface area is 121 Å². The fourth-order valence-corrected chi connectivity index (χ4v) is 1.51. The molecule has 21 heavy (non-hydrogen) atoms. The summed E-state index contributed by atoms with van der Waals surface area (Å²) in [5.41, 5.74) is -0.859. The molecule has 1 rings (SSSR count). The summed E-state index contributed by atoms with van der Waals surface area (Å²) in [6, 6.07) is 2.06. The summed E-state index contributed by atoms with van der Waals surface area (Å²) in [4.78, 5) is 18.6. The monoisotopic (exact) mass is 305 g/mol. The van der Waals surface area contributed by atoms with E-state index < -0.39 is 17.8 Å². The lowest BCUT2D eigenvalue weighted by Gasteiger charge is -2.23. The molecule has 1 aromatic rings. The first kappa shape index (κ1) is 17.2. The summed E-state index contributed by atoms with van der Waals surface area (Å²) < 4.78 is 42.4. The lowest BCUT2D eigenvalue weighted by molar-refractivity contribution is -0.137. The third kappa shape index (κ3) is 5.22. The van der Waals surface area contributed by atoms with E-state index in [2.05, 4.69) is 4.98 Å². The molecular weight excluding hydrogens is 287 g/mol. The van der Waals surface area contributed by atoms with Gasteiger partial charge in [0.2, 0.25) is 0 Å². The second kappa shape index (κ2) is 7.26. The molecule has 5 nitrogen and oxygen atoms in total. The van der Waals surface area contributed by atoms with Gasteiger partial charge in [0.15, 0.2) is 0 Å². The van der Waals surface area contributed by atoms with Crippen LogP contribution >= 0.6 is 0 Å². The second-order valence-electron chi connectivity index (χ2n) is 4.56. The topological polar surface area (TPSA) is 45.7 Å². The summed E-state index contributed by atoms with van der Waals surface area (Å²) in [5.74, 6) is 0.128. The van der Waals surface area contributed by atoms with Crippen molar-refractivity contribution in [3.63, 3.8) is 0 Å². The van der Waals surface area contributed by atoms with E-state index in [-0.39, 0.29) is 19.0 Å². The van der Waals surface area contributed by atoms with Crippen molar-refractivity contribution in [1.82, 2.24) is 9.88 Å². The van der Waals surface area contributed by atoms with Gasteiger partial charge in [0, 0.05) is 19.3 Å². The zero-order valence-electron chi connectivity index (χ0n) is 12.1. The van der Waals surface area contributed by atoms with Crippen molar-refractivity contribution < 1.29 is 22.7 Å². The maximum Gasteiger partial charge on any atom is 0.417 e. The Balaban J connectivity index is 2.94. The minimum atomic E-state index is -4.45. The van der Waals surface area contributed by atoms with Crippen LogP contribution in [0.25, 0.3) is 0 Å². The molecule has 0 aliphatic carbocycles. The fourth-order valence-electron chi connectivity index (χ4n) is 1.51. The van der Waals surface area contributed by atoms with Gasteiger partial charge in [-0.3, -0.25) is 4.90 Å². The average molecular weight is 305 g/mol. The van der Waals surface area contributed by atoms with Crippen molar-refractivity contribution in [2.24, 2.45) is 0 Å². The Bertz CT molecular complexity index is 461. The van der Waals surface area contributed by atoms with Gasteiger partial charge in [0.05, 0.1) is 12.2 Å². The number of alkyl halides is 3. The van der Waals surface area contributed by atoms with Crippen molar-refractivity contribution in [3.05, 3.63) is 23.9 Å². The van der Waals surface area contributed by atoms with Gasteiger partial charge >= 0.3 is 12.3 Å². The Hall–Kier alpha value is -1.83. The molecule has 118 valence electrons. The Morgan fingerprint density at radius 1 is 1.29 bits per heavy atom. The van der Waals surface area contributed by atoms with Crippen LogP contribution in [0.4, 0.5) is 23.8 Å². The zero-order chi connectivity index (χ0) is 16.0. The molecule has 0 aliphatic heterocycles. The summed E-state index contributed by atoms with van der Waals surface area (Å²) in [6.45, 7) is 2.63. The van der Waals surface area contributed by atoms with E-state index in [1.165, 1.54) is 4.90 Å². The highest BCUT2D eigenvalue weighted by atomic mass is 19.4. The molecule has 1 heterocycles. The molecule has 0 radical (unpaired) electrons. The Morgan fingerprint density at radius 3 is 2.38 bits per heavy atom. The standard InChI is InChI=1S/C13H18F3N3O2/c1-4-21-12(20)19(8-7-18(2)3)11-6-5-10(9-17-11)13(14,15)16/h5-6,9H,4,7-8H2,1-3H3. The molecule has 0 saturated carbocycles. The first-order valence-electron chi connectivity index (χ1n) is 6.38. The van der Waals surface area contributed by atoms with Crippen LogP contribution in [-0.2, 0) is 10.9 Å². The van der Waals surface area contributed by atoms with Gasteiger partial charge in [0.25, 0.3) is 0 Å². The zero-order valence-corrected chi connectivity index (χ0v) is 12.1. The molecule has 1 aromatic heterocycles. The van der Waals surface area contributed by atoms with Crippen LogP contribution in [0.5, 0.6) is 0 Å². The number of carbonyl (C=O) groups is 1. The van der Waals surface area contributed by atoms with Gasteiger partial charge < -0.3 is 9.64 Å². The van der Waals surface area contributed by atoms with Crippen molar-refractivity contribution >= 4 is 11.9 Å². The van der Waals surface area contributed by atoms with E-state index in [1.54, 1.807) is 6.92 Å². The first-order valence-corrected chi connectivity index (χ1v) is 6.38. The summed E-state index contributed by atoms with van der Waals surface area (Å²) in [7, 11) is 3.65. The van der Waals surface area contributed by atoms with Crippen LogP contribution < -0.4 is 4.90 Å². The third-order valence-electron chi connectivity index (χ3n) is 2.61. The molecule has 1 amide bonds. The predicted octanol–water partition coefficient (Wildman–Crippen LogP) is 2.62. The second-order valence-corrected chi connectivity index (χ2v) is 4.56. The molecule has 0 bridgehead atoms. The van der Waals surface area contributed by atoms with Crippen LogP contribution in [0.1, 0.15) is 12.5 Å². The van der Waals surface area contributed by atoms with Crippen molar-refractivity contribution in [3.8, 4) is 0 Å². The van der Waals surface area contributed by atoms with Crippen molar-refractivity contribution in [2.75, 3.05) is 38.7 Å². The number of anilines is 1. The van der Waals surface area contributed by atoms with Gasteiger partial charge in [-0.15, -0.1) is 0 Å². The fraction of sp³-hybridized carbons (Fsp3) is 0.538. The molecule has 0 fully saturated rings. The first-order chi connectivity index (χ1) is 9.75. The van der Waals surface area contributed by atoms with Crippen LogP contribution in [-0.4, -0.2) is 49.8 Å². The normalized spacial score (nSPS) is 11.6. The minimum Gasteiger partial charge on any atom is -0.449 e. The lowest BCUT2D eigenvalue weighted by Crippen LogP contribution is -2.37. The van der Waals surface area contributed by atoms with E-state index in [9.17, 15) is 18.0 Å². The highest BCUT2D eigenvalue weighted by Gasteiger charge is 2.31. The number of nitrogens with zero attached hydrogens (tertiary/aromatic N) is 3. The van der Waals surface area contributed by atoms with Crippen LogP contribution in [0, 0.1) is 0 Å². The molecule has 0 aliphatic rings. The number of rotatable bonds is 5. The number of hydrogen-bond donors (Lipinski definition) is 0. The largest absolute Gasteiger partial charge is 0.449 e. The average Bonchev–Trinajstić information content (AvgIpc) is 2.38. The van der Waals surface area contributed by atoms with Gasteiger partial charge in [-0.05, 0) is 33.2 Å². The summed E-state index contributed by atoms with van der Waals surface area (Å²) in [5, 5.41) is 0. The van der Waals surface area contributed by atoms with Gasteiger partial charge in [0.1, 0.15) is 5.82 Å². The summed E-state index contributed by atoms with van der Waals surface area (Å²) in [6.07, 6.45) is -4.38. The lowest BCUT2D eigenvalue weighted by atomic mass is 10.2. The highest BCUT2D eigenvalue weighted by Crippen LogP contribution is 2.29. The number of pyridine rings is 1. The molecule has 8 heteroatoms. The third-order valence-corrected chi connectivity index (χ3v) is 2.61. The van der Waals surface area contributed by atoms with E-state index in [1.807, 2.05) is 19.0 Å². The number of aromatic nitrogens is 1.